The molecule has 1 N–H and O–H groups in total. The first-order valence-electron chi connectivity index (χ1n) is 18.6. The molecule has 0 unspecified atom stereocenters. The van der Waals surface area contributed by atoms with Crippen molar-refractivity contribution in [2.24, 2.45) is 16.7 Å². The Labute approximate surface area is 303 Å². The standard InChI is InChI=1S/C41H58F2N4O4/c1-39(2,3)37(49)47(29-16-18-41(7,8)19-17-29)31-21-30(22-44-38(50)51-26-27-12-10-9-11-13-27)46(23-31)36(48)34-25-45(40(4,5)6)24-33(34)32-15-14-28(42)20-35(32)43/h9-15,20,29-31,33-34H,16-19,21-26H2,1-8H3,(H,44,50)/t30-,31-,33-,34+/m0/s1. The molecule has 2 aromatic carbocycles. The highest BCUT2D eigenvalue weighted by atomic mass is 19.1. The third kappa shape index (κ3) is 9.29. The Morgan fingerprint density at radius 3 is 2.20 bits per heavy atom. The van der Waals surface area contributed by atoms with Crippen LogP contribution in [0.5, 0.6) is 0 Å². The molecule has 0 spiro atoms. The van der Waals surface area contributed by atoms with E-state index in [1.54, 1.807) is 0 Å². The highest BCUT2D eigenvalue weighted by Gasteiger charge is 2.50. The summed E-state index contributed by atoms with van der Waals surface area (Å²) in [6, 6.07) is 12.4. The Hall–Kier alpha value is -3.53. The van der Waals surface area contributed by atoms with Crippen LogP contribution in [0.4, 0.5) is 13.6 Å². The number of likely N-dealkylation sites (tertiary alicyclic amines) is 2. The molecular formula is C41H58F2N4O4. The second-order valence-electron chi connectivity index (χ2n) is 17.8. The Kier molecular flexibility index (Phi) is 11.5. The normalized spacial score (nSPS) is 24.4. The lowest BCUT2D eigenvalue weighted by Crippen LogP contribution is -2.54. The molecule has 51 heavy (non-hydrogen) atoms. The summed E-state index contributed by atoms with van der Waals surface area (Å²) in [7, 11) is 0. The molecule has 0 radical (unpaired) electrons. The Morgan fingerprint density at radius 2 is 1.59 bits per heavy atom. The zero-order valence-electron chi connectivity index (χ0n) is 31.8. The number of nitrogens with one attached hydrogen (secondary N) is 1. The summed E-state index contributed by atoms with van der Waals surface area (Å²) >= 11 is 0. The van der Waals surface area contributed by atoms with Crippen molar-refractivity contribution < 1.29 is 27.9 Å². The van der Waals surface area contributed by atoms with Crippen molar-refractivity contribution in [3.63, 3.8) is 0 Å². The van der Waals surface area contributed by atoms with Crippen LogP contribution in [0.1, 0.15) is 105 Å². The average molecular weight is 709 g/mol. The maximum atomic E-state index is 15.4. The first-order chi connectivity index (χ1) is 23.8. The molecular weight excluding hydrogens is 650 g/mol. The van der Waals surface area contributed by atoms with E-state index in [9.17, 15) is 18.8 Å². The lowest BCUT2D eigenvalue weighted by atomic mass is 9.74. The third-order valence-electron chi connectivity index (χ3n) is 11.3. The van der Waals surface area contributed by atoms with Crippen molar-refractivity contribution in [3.8, 4) is 0 Å². The van der Waals surface area contributed by atoms with Gasteiger partial charge in [0.2, 0.25) is 11.8 Å². The molecule has 3 aliphatic rings. The van der Waals surface area contributed by atoms with Crippen LogP contribution in [-0.4, -0.2) is 82.5 Å². The number of ether oxygens (including phenoxy) is 1. The second-order valence-corrected chi connectivity index (χ2v) is 17.8. The van der Waals surface area contributed by atoms with Crippen LogP contribution >= 0.6 is 0 Å². The minimum atomic E-state index is -0.660. The first-order valence-corrected chi connectivity index (χ1v) is 18.6. The fourth-order valence-electron chi connectivity index (χ4n) is 8.14. The number of nitrogens with zero attached hydrogens (tertiary/aromatic N) is 3. The molecule has 1 saturated carbocycles. The van der Waals surface area contributed by atoms with Gasteiger partial charge in [-0.2, -0.15) is 0 Å². The highest BCUT2D eigenvalue weighted by Crippen LogP contribution is 2.42. The van der Waals surface area contributed by atoms with Gasteiger partial charge in [-0.25, -0.2) is 13.6 Å². The van der Waals surface area contributed by atoms with Gasteiger partial charge < -0.3 is 19.9 Å². The van der Waals surface area contributed by atoms with Gasteiger partial charge in [-0.15, -0.1) is 0 Å². The average Bonchev–Trinajstić information content (AvgIpc) is 3.69. The summed E-state index contributed by atoms with van der Waals surface area (Å²) in [6.07, 6.45) is 3.71. The molecule has 8 nitrogen and oxygen atoms in total. The topological polar surface area (TPSA) is 82.2 Å². The van der Waals surface area contributed by atoms with Gasteiger partial charge in [0.25, 0.3) is 0 Å². The van der Waals surface area contributed by atoms with Crippen molar-refractivity contribution in [1.82, 2.24) is 20.0 Å². The number of amides is 3. The van der Waals surface area contributed by atoms with E-state index in [1.807, 2.05) is 56.0 Å². The summed E-state index contributed by atoms with van der Waals surface area (Å²) in [5, 5.41) is 2.90. The fraction of sp³-hybridized carbons (Fsp3) is 0.634. The van der Waals surface area contributed by atoms with Crippen molar-refractivity contribution in [1.29, 1.82) is 0 Å². The van der Waals surface area contributed by atoms with Gasteiger partial charge in [-0.3, -0.25) is 14.5 Å². The predicted octanol–water partition coefficient (Wildman–Crippen LogP) is 7.52. The van der Waals surface area contributed by atoms with Crippen LogP contribution in [0.3, 0.4) is 0 Å². The van der Waals surface area contributed by atoms with E-state index in [2.05, 4.69) is 49.7 Å². The maximum Gasteiger partial charge on any atom is 0.407 e. The van der Waals surface area contributed by atoms with E-state index in [1.165, 1.54) is 12.1 Å². The molecule has 2 heterocycles. The predicted molar refractivity (Wildman–Crippen MR) is 195 cm³/mol. The molecule has 3 amide bonds. The van der Waals surface area contributed by atoms with Gasteiger partial charge in [0.05, 0.1) is 18.0 Å². The number of alkyl carbamates (subject to hydrolysis) is 1. The number of halogens is 2. The van der Waals surface area contributed by atoms with Crippen molar-refractivity contribution in [3.05, 3.63) is 71.3 Å². The molecule has 4 atom stereocenters. The van der Waals surface area contributed by atoms with E-state index >= 15 is 4.39 Å². The number of rotatable bonds is 8. The lowest BCUT2D eigenvalue weighted by molar-refractivity contribution is -0.147. The molecule has 1 aliphatic carbocycles. The fourth-order valence-corrected chi connectivity index (χ4v) is 8.14. The van der Waals surface area contributed by atoms with Gasteiger partial charge in [0.1, 0.15) is 18.2 Å². The van der Waals surface area contributed by atoms with Crippen LogP contribution in [0.25, 0.3) is 0 Å². The monoisotopic (exact) mass is 708 g/mol. The first kappa shape index (κ1) is 38.7. The van der Waals surface area contributed by atoms with Gasteiger partial charge in [0.15, 0.2) is 0 Å². The summed E-state index contributed by atoms with van der Waals surface area (Å²) in [5.41, 5.74) is 0.490. The van der Waals surface area contributed by atoms with Crippen LogP contribution in [0.2, 0.25) is 0 Å². The molecule has 0 bridgehead atoms. The summed E-state index contributed by atoms with van der Waals surface area (Å²) in [5.74, 6) is -2.49. The number of benzene rings is 2. The lowest BCUT2D eigenvalue weighted by Gasteiger charge is -2.45. The number of carbonyl (C=O) groups excluding carboxylic acids is 3. The van der Waals surface area contributed by atoms with E-state index < -0.39 is 41.0 Å². The minimum Gasteiger partial charge on any atom is -0.445 e. The third-order valence-corrected chi connectivity index (χ3v) is 11.3. The minimum absolute atomic E-state index is 0.0539. The summed E-state index contributed by atoms with van der Waals surface area (Å²) in [4.78, 5) is 48.2. The molecule has 2 aliphatic heterocycles. The molecule has 2 saturated heterocycles. The maximum absolute atomic E-state index is 15.4. The van der Waals surface area contributed by atoms with Gasteiger partial charge in [-0.05, 0) is 75.5 Å². The zero-order chi connectivity index (χ0) is 37.3. The Bertz CT molecular complexity index is 1540. The number of hydrogen-bond acceptors (Lipinski definition) is 5. The Morgan fingerprint density at radius 1 is 0.922 bits per heavy atom. The zero-order valence-corrected chi connectivity index (χ0v) is 31.8. The van der Waals surface area contributed by atoms with E-state index in [-0.39, 0.29) is 48.0 Å². The molecule has 5 rings (SSSR count). The second kappa shape index (κ2) is 15.2. The van der Waals surface area contributed by atoms with Gasteiger partial charge in [0, 0.05) is 55.2 Å². The molecule has 0 aromatic heterocycles. The molecule has 3 fully saturated rings. The number of carbonyl (C=O) groups is 3. The van der Waals surface area contributed by atoms with Crippen molar-refractivity contribution >= 4 is 17.9 Å². The molecule has 2 aromatic rings. The number of hydrogen-bond donors (Lipinski definition) is 1. The van der Waals surface area contributed by atoms with Crippen LogP contribution in [0.15, 0.2) is 48.5 Å². The smallest absolute Gasteiger partial charge is 0.407 e. The molecule has 10 heteroatoms. The van der Waals surface area contributed by atoms with Crippen LogP contribution in [-0.2, 0) is 20.9 Å². The van der Waals surface area contributed by atoms with Gasteiger partial charge >= 0.3 is 6.09 Å². The molecule has 280 valence electrons. The van der Waals surface area contributed by atoms with E-state index in [4.69, 9.17) is 4.74 Å². The van der Waals surface area contributed by atoms with E-state index in [0.717, 1.165) is 37.3 Å². The van der Waals surface area contributed by atoms with Crippen LogP contribution in [0, 0.1) is 28.4 Å². The largest absolute Gasteiger partial charge is 0.445 e. The SMILES string of the molecule is CC1(C)CCC(N(C(=O)C(C)(C)C)[C@H]2C[C@@H](CNC(=O)OCc3ccccc3)N(C(=O)[C@@H]3CN(C(C)(C)C)C[C@H]3c3ccc(F)cc3F)C2)CC1. The highest BCUT2D eigenvalue weighted by molar-refractivity contribution is 5.84. The van der Waals surface area contributed by atoms with Crippen molar-refractivity contribution in [2.75, 3.05) is 26.2 Å². The van der Waals surface area contributed by atoms with E-state index in [0.29, 0.717) is 31.6 Å². The quantitative estimate of drug-likeness (QED) is 0.307. The van der Waals surface area contributed by atoms with Gasteiger partial charge in [-0.1, -0.05) is 71.0 Å². The summed E-state index contributed by atoms with van der Waals surface area (Å²) in [6.45, 7) is 18.0. The van der Waals surface area contributed by atoms with Crippen molar-refractivity contribution in [2.45, 2.75) is 124 Å². The Balaban J connectivity index is 1.44. The van der Waals surface area contributed by atoms with Crippen LogP contribution < -0.4 is 5.32 Å². The summed E-state index contributed by atoms with van der Waals surface area (Å²) < 4.78 is 34.9.